The molecule has 0 aliphatic carbocycles. The summed E-state index contributed by atoms with van der Waals surface area (Å²) in [6.45, 7) is 0. The Morgan fingerprint density at radius 3 is 2.48 bits per heavy atom. The van der Waals surface area contributed by atoms with E-state index < -0.39 is 0 Å². The van der Waals surface area contributed by atoms with Gasteiger partial charge in [-0.3, -0.25) is 0 Å². The van der Waals surface area contributed by atoms with Crippen LogP contribution in [0, 0.1) is 0 Å². The summed E-state index contributed by atoms with van der Waals surface area (Å²) in [5.41, 5.74) is 4.68. The number of rotatable bonds is 4. The standard InChI is InChI=1S/C22H17NO2/c1-24-20-14-13-18(22-23-19-9-5-6-10-21(19)25-22)15-17(20)12-11-16-7-3-2-4-8-16/h2-15H,1H3. The van der Waals surface area contributed by atoms with Crippen molar-refractivity contribution in [2.24, 2.45) is 0 Å². The minimum atomic E-state index is 0.609. The second kappa shape index (κ2) is 6.65. The van der Waals surface area contributed by atoms with Crippen LogP contribution in [0.3, 0.4) is 0 Å². The molecule has 0 aliphatic heterocycles. The van der Waals surface area contributed by atoms with Gasteiger partial charge in [0.15, 0.2) is 5.58 Å². The summed E-state index contributed by atoms with van der Waals surface area (Å²) in [5, 5.41) is 0. The molecule has 3 heteroatoms. The topological polar surface area (TPSA) is 35.3 Å². The van der Waals surface area contributed by atoms with Crippen molar-refractivity contribution < 1.29 is 9.15 Å². The molecule has 1 heterocycles. The summed E-state index contributed by atoms with van der Waals surface area (Å²) in [6, 6.07) is 23.9. The van der Waals surface area contributed by atoms with Crippen LogP contribution in [0.15, 0.2) is 77.2 Å². The van der Waals surface area contributed by atoms with E-state index in [9.17, 15) is 0 Å². The number of nitrogens with zero attached hydrogens (tertiary/aromatic N) is 1. The molecule has 0 aliphatic rings. The van der Waals surface area contributed by atoms with Gasteiger partial charge in [0.05, 0.1) is 7.11 Å². The first kappa shape index (κ1) is 15.2. The smallest absolute Gasteiger partial charge is 0.227 e. The van der Waals surface area contributed by atoms with Crippen molar-refractivity contribution in [3.8, 4) is 17.2 Å². The highest BCUT2D eigenvalue weighted by Crippen LogP contribution is 2.29. The van der Waals surface area contributed by atoms with Crippen LogP contribution in [0.2, 0.25) is 0 Å². The van der Waals surface area contributed by atoms with Gasteiger partial charge in [-0.15, -0.1) is 0 Å². The molecular weight excluding hydrogens is 310 g/mol. The van der Waals surface area contributed by atoms with Crippen LogP contribution >= 0.6 is 0 Å². The molecule has 1 aromatic heterocycles. The van der Waals surface area contributed by atoms with Crippen LogP contribution in [0.5, 0.6) is 5.75 Å². The van der Waals surface area contributed by atoms with Crippen molar-refractivity contribution in [2.45, 2.75) is 0 Å². The van der Waals surface area contributed by atoms with Crippen molar-refractivity contribution in [1.29, 1.82) is 0 Å². The number of aromatic nitrogens is 1. The maximum absolute atomic E-state index is 5.87. The molecule has 0 unspecified atom stereocenters. The molecule has 0 amide bonds. The van der Waals surface area contributed by atoms with E-state index >= 15 is 0 Å². The SMILES string of the molecule is COc1ccc(-c2nc3ccccc3o2)cc1C=Cc1ccccc1. The summed E-state index contributed by atoms with van der Waals surface area (Å²) in [4.78, 5) is 4.57. The predicted octanol–water partition coefficient (Wildman–Crippen LogP) is 5.67. The van der Waals surface area contributed by atoms with Gasteiger partial charge >= 0.3 is 0 Å². The molecule has 0 saturated heterocycles. The Labute approximate surface area is 146 Å². The van der Waals surface area contributed by atoms with Crippen LogP contribution in [0.25, 0.3) is 34.7 Å². The zero-order valence-electron chi connectivity index (χ0n) is 13.8. The fraction of sp³-hybridized carbons (Fsp3) is 0.0455. The molecule has 0 saturated carbocycles. The molecular formula is C22H17NO2. The Balaban J connectivity index is 1.74. The van der Waals surface area contributed by atoms with E-state index in [1.165, 1.54) is 0 Å². The Morgan fingerprint density at radius 1 is 0.880 bits per heavy atom. The molecule has 122 valence electrons. The largest absolute Gasteiger partial charge is 0.496 e. The van der Waals surface area contributed by atoms with Crippen molar-refractivity contribution in [3.05, 3.63) is 83.9 Å². The maximum atomic E-state index is 5.87. The van der Waals surface area contributed by atoms with E-state index in [1.54, 1.807) is 7.11 Å². The number of hydrogen-bond acceptors (Lipinski definition) is 3. The highest BCUT2D eigenvalue weighted by atomic mass is 16.5. The van der Waals surface area contributed by atoms with Crippen molar-refractivity contribution >= 4 is 23.3 Å². The zero-order chi connectivity index (χ0) is 17.1. The molecule has 0 N–H and O–H groups in total. The quantitative estimate of drug-likeness (QED) is 0.453. The van der Waals surface area contributed by atoms with Gasteiger partial charge in [0.25, 0.3) is 0 Å². The van der Waals surface area contributed by atoms with Crippen molar-refractivity contribution in [3.63, 3.8) is 0 Å². The van der Waals surface area contributed by atoms with Gasteiger partial charge in [0.2, 0.25) is 5.89 Å². The second-order valence-electron chi connectivity index (χ2n) is 5.69. The molecule has 3 nitrogen and oxygen atoms in total. The molecule has 3 aromatic carbocycles. The van der Waals surface area contributed by atoms with Gasteiger partial charge in [0.1, 0.15) is 11.3 Å². The minimum Gasteiger partial charge on any atom is -0.496 e. The van der Waals surface area contributed by atoms with Gasteiger partial charge in [-0.2, -0.15) is 0 Å². The molecule has 0 radical (unpaired) electrons. The zero-order valence-corrected chi connectivity index (χ0v) is 13.8. The summed E-state index contributed by atoms with van der Waals surface area (Å²) in [6.07, 6.45) is 4.11. The highest BCUT2D eigenvalue weighted by Gasteiger charge is 2.10. The van der Waals surface area contributed by atoms with Crippen molar-refractivity contribution in [1.82, 2.24) is 4.98 Å². The molecule has 0 fully saturated rings. The lowest BCUT2D eigenvalue weighted by Crippen LogP contribution is -1.88. The number of para-hydroxylation sites is 2. The lowest BCUT2D eigenvalue weighted by Gasteiger charge is -2.06. The molecule has 0 bridgehead atoms. The average molecular weight is 327 g/mol. The first-order valence-electron chi connectivity index (χ1n) is 8.10. The first-order valence-corrected chi connectivity index (χ1v) is 8.10. The number of oxazole rings is 1. The van der Waals surface area contributed by atoms with Crippen LogP contribution in [0.1, 0.15) is 11.1 Å². The summed E-state index contributed by atoms with van der Waals surface area (Å²) in [5.74, 6) is 1.42. The molecule has 25 heavy (non-hydrogen) atoms. The first-order chi connectivity index (χ1) is 12.3. The monoisotopic (exact) mass is 327 g/mol. The van der Waals surface area contributed by atoms with Crippen LogP contribution in [0.4, 0.5) is 0 Å². The van der Waals surface area contributed by atoms with Crippen molar-refractivity contribution in [2.75, 3.05) is 7.11 Å². The van der Waals surface area contributed by atoms with E-state index in [0.717, 1.165) is 33.5 Å². The van der Waals surface area contributed by atoms with Crippen LogP contribution < -0.4 is 4.74 Å². The van der Waals surface area contributed by atoms with E-state index in [4.69, 9.17) is 9.15 Å². The summed E-state index contributed by atoms with van der Waals surface area (Å²) in [7, 11) is 1.67. The third kappa shape index (κ3) is 3.17. The van der Waals surface area contributed by atoms with E-state index in [1.807, 2.05) is 66.7 Å². The Hall–Kier alpha value is -3.33. The normalized spacial score (nSPS) is 11.2. The van der Waals surface area contributed by atoms with E-state index in [-0.39, 0.29) is 0 Å². The minimum absolute atomic E-state index is 0.609. The number of ether oxygens (including phenoxy) is 1. The lowest BCUT2D eigenvalue weighted by molar-refractivity contribution is 0.414. The van der Waals surface area contributed by atoms with E-state index in [2.05, 4.69) is 23.2 Å². The molecule has 4 rings (SSSR count). The fourth-order valence-corrected chi connectivity index (χ4v) is 2.74. The second-order valence-corrected chi connectivity index (χ2v) is 5.69. The third-order valence-electron chi connectivity index (χ3n) is 4.03. The van der Waals surface area contributed by atoms with Gasteiger partial charge in [-0.05, 0) is 35.9 Å². The Bertz CT molecular complexity index is 999. The molecule has 4 aromatic rings. The highest BCUT2D eigenvalue weighted by molar-refractivity contribution is 5.78. The van der Waals surface area contributed by atoms with Crippen LogP contribution in [-0.2, 0) is 0 Å². The average Bonchev–Trinajstić information content (AvgIpc) is 3.11. The van der Waals surface area contributed by atoms with E-state index in [0.29, 0.717) is 5.89 Å². The maximum Gasteiger partial charge on any atom is 0.227 e. The fourth-order valence-electron chi connectivity index (χ4n) is 2.74. The number of hydrogen-bond donors (Lipinski definition) is 0. The number of methoxy groups -OCH3 is 1. The number of fused-ring (bicyclic) bond motifs is 1. The molecule has 0 atom stereocenters. The third-order valence-corrected chi connectivity index (χ3v) is 4.03. The van der Waals surface area contributed by atoms with Crippen LogP contribution in [-0.4, -0.2) is 12.1 Å². The Morgan fingerprint density at radius 2 is 1.68 bits per heavy atom. The molecule has 0 spiro atoms. The number of benzene rings is 3. The summed E-state index contributed by atoms with van der Waals surface area (Å²) >= 11 is 0. The van der Waals surface area contributed by atoms with Gasteiger partial charge in [-0.25, -0.2) is 4.98 Å². The van der Waals surface area contributed by atoms with Gasteiger partial charge < -0.3 is 9.15 Å². The van der Waals surface area contributed by atoms with Gasteiger partial charge in [0, 0.05) is 11.1 Å². The lowest BCUT2D eigenvalue weighted by atomic mass is 10.1. The Kier molecular flexibility index (Phi) is 4.05. The predicted molar refractivity (Wildman–Crippen MR) is 101 cm³/mol. The van der Waals surface area contributed by atoms with Gasteiger partial charge in [-0.1, -0.05) is 54.6 Å². The summed E-state index contributed by atoms with van der Waals surface area (Å²) < 4.78 is 11.4.